The lowest BCUT2D eigenvalue weighted by Gasteiger charge is -2.17. The lowest BCUT2D eigenvalue weighted by molar-refractivity contribution is -0.127. The molecule has 0 radical (unpaired) electrons. The van der Waals surface area contributed by atoms with Gasteiger partial charge in [0, 0.05) is 11.6 Å². The highest BCUT2D eigenvalue weighted by Crippen LogP contribution is 2.29. The van der Waals surface area contributed by atoms with Gasteiger partial charge in [0.15, 0.2) is 17.6 Å². The Bertz CT molecular complexity index is 529. The van der Waals surface area contributed by atoms with E-state index in [0.717, 1.165) is 12.8 Å². The summed E-state index contributed by atoms with van der Waals surface area (Å²) in [4.78, 5) is 12.1. The number of benzene rings is 1. The molecule has 3 N–H and O–H groups in total. The Balaban J connectivity index is 2.07. The van der Waals surface area contributed by atoms with E-state index in [-0.39, 0.29) is 10.9 Å². The van der Waals surface area contributed by atoms with Crippen molar-refractivity contribution in [1.29, 1.82) is 0 Å². The maximum Gasteiger partial charge on any atom is 0.260 e. The van der Waals surface area contributed by atoms with E-state index in [9.17, 15) is 4.79 Å². The summed E-state index contributed by atoms with van der Waals surface area (Å²) < 4.78 is 10.9. The largest absolute Gasteiger partial charge is 0.493 e. The molecule has 0 saturated heterocycles. The third-order valence-corrected chi connectivity index (χ3v) is 3.28. The molecule has 1 amide bonds. The van der Waals surface area contributed by atoms with Crippen molar-refractivity contribution in [2.75, 3.05) is 7.11 Å². The molecule has 108 valence electrons. The molecule has 1 aromatic carbocycles. The summed E-state index contributed by atoms with van der Waals surface area (Å²) in [5.41, 5.74) is 6.26. The smallest absolute Gasteiger partial charge is 0.260 e. The maximum absolute atomic E-state index is 11.9. The standard InChI is InChI=1S/C14H18N2O3S/c1-8(14(17)16-10-4-5-10)19-11-6-3-9(13(15)20)7-12(11)18-2/h3,6-8,10H,4-5H2,1-2H3,(H2,15,20)(H,16,17). The first-order chi connectivity index (χ1) is 9.51. The molecule has 1 aliphatic rings. The highest BCUT2D eigenvalue weighted by Gasteiger charge is 2.26. The zero-order valence-corrected chi connectivity index (χ0v) is 12.3. The third kappa shape index (κ3) is 3.60. The van der Waals surface area contributed by atoms with Gasteiger partial charge in [-0.1, -0.05) is 12.2 Å². The lowest BCUT2D eigenvalue weighted by atomic mass is 10.2. The van der Waals surface area contributed by atoms with E-state index in [1.807, 2.05) is 0 Å². The fraction of sp³-hybridized carbons (Fsp3) is 0.429. The molecule has 1 atom stereocenters. The minimum atomic E-state index is -0.583. The van der Waals surface area contributed by atoms with E-state index in [0.29, 0.717) is 23.1 Å². The number of thiocarbonyl (C=S) groups is 1. The van der Waals surface area contributed by atoms with Gasteiger partial charge in [-0.2, -0.15) is 0 Å². The molecule has 5 nitrogen and oxygen atoms in total. The number of rotatable bonds is 6. The van der Waals surface area contributed by atoms with Crippen molar-refractivity contribution in [1.82, 2.24) is 5.32 Å². The second kappa shape index (κ2) is 6.09. The molecule has 0 bridgehead atoms. The molecule has 0 aliphatic heterocycles. The van der Waals surface area contributed by atoms with Gasteiger partial charge in [-0.25, -0.2) is 0 Å². The van der Waals surface area contributed by atoms with Crippen molar-refractivity contribution in [3.63, 3.8) is 0 Å². The van der Waals surface area contributed by atoms with E-state index in [1.54, 1.807) is 25.1 Å². The summed E-state index contributed by atoms with van der Waals surface area (Å²) in [6.07, 6.45) is 1.51. The van der Waals surface area contributed by atoms with Crippen molar-refractivity contribution >= 4 is 23.1 Å². The molecule has 0 aromatic heterocycles. The summed E-state index contributed by atoms with van der Waals surface area (Å²) in [6.45, 7) is 1.71. The monoisotopic (exact) mass is 294 g/mol. The Hall–Kier alpha value is -1.82. The van der Waals surface area contributed by atoms with Crippen molar-refractivity contribution in [2.45, 2.75) is 31.9 Å². The van der Waals surface area contributed by atoms with Crippen LogP contribution in [0.1, 0.15) is 25.3 Å². The Labute approximate surface area is 123 Å². The van der Waals surface area contributed by atoms with Gasteiger partial charge in [-0.05, 0) is 38.0 Å². The van der Waals surface area contributed by atoms with Gasteiger partial charge >= 0.3 is 0 Å². The average Bonchev–Trinajstić information content (AvgIpc) is 3.22. The van der Waals surface area contributed by atoms with E-state index in [4.69, 9.17) is 27.4 Å². The van der Waals surface area contributed by atoms with Crippen molar-refractivity contribution in [2.24, 2.45) is 5.73 Å². The number of amides is 1. The molecule has 20 heavy (non-hydrogen) atoms. The van der Waals surface area contributed by atoms with Gasteiger partial charge in [-0.15, -0.1) is 0 Å². The van der Waals surface area contributed by atoms with E-state index >= 15 is 0 Å². The van der Waals surface area contributed by atoms with E-state index < -0.39 is 6.10 Å². The zero-order chi connectivity index (χ0) is 14.7. The van der Waals surface area contributed by atoms with Gasteiger partial charge in [0.1, 0.15) is 4.99 Å². The molecular weight excluding hydrogens is 276 g/mol. The number of nitrogens with two attached hydrogens (primary N) is 1. The van der Waals surface area contributed by atoms with Gasteiger partial charge in [0.2, 0.25) is 0 Å². The predicted molar refractivity (Wildman–Crippen MR) is 80.1 cm³/mol. The van der Waals surface area contributed by atoms with Crippen LogP contribution in [0, 0.1) is 0 Å². The zero-order valence-electron chi connectivity index (χ0n) is 11.5. The molecule has 1 aromatic rings. The van der Waals surface area contributed by atoms with Gasteiger partial charge in [0.05, 0.1) is 7.11 Å². The molecule has 0 heterocycles. The lowest BCUT2D eigenvalue weighted by Crippen LogP contribution is -2.37. The summed E-state index contributed by atoms with van der Waals surface area (Å²) in [5.74, 6) is 0.875. The van der Waals surface area contributed by atoms with Crippen LogP contribution in [-0.2, 0) is 4.79 Å². The van der Waals surface area contributed by atoms with Gasteiger partial charge in [-0.3, -0.25) is 4.79 Å². The number of carbonyl (C=O) groups excluding carboxylic acids is 1. The fourth-order valence-electron chi connectivity index (χ4n) is 1.71. The fourth-order valence-corrected chi connectivity index (χ4v) is 1.84. The first-order valence-electron chi connectivity index (χ1n) is 6.46. The van der Waals surface area contributed by atoms with Crippen molar-refractivity contribution in [3.05, 3.63) is 23.8 Å². The number of hydrogen-bond acceptors (Lipinski definition) is 4. The highest BCUT2D eigenvalue weighted by atomic mass is 32.1. The van der Waals surface area contributed by atoms with Crippen LogP contribution < -0.4 is 20.5 Å². The van der Waals surface area contributed by atoms with Crippen LogP contribution in [-0.4, -0.2) is 30.2 Å². The Morgan fingerprint density at radius 3 is 2.70 bits per heavy atom. The maximum atomic E-state index is 11.9. The SMILES string of the molecule is COc1cc(C(N)=S)ccc1OC(C)C(=O)NC1CC1. The van der Waals surface area contributed by atoms with Crippen LogP contribution in [0.5, 0.6) is 11.5 Å². The van der Waals surface area contributed by atoms with Crippen molar-refractivity contribution in [3.8, 4) is 11.5 Å². The number of ether oxygens (including phenoxy) is 2. The second-order valence-corrected chi connectivity index (χ2v) is 5.21. The number of hydrogen-bond donors (Lipinski definition) is 2. The predicted octanol–water partition coefficient (Wildman–Crippen LogP) is 1.38. The van der Waals surface area contributed by atoms with Crippen LogP contribution >= 0.6 is 12.2 Å². The molecule has 1 aliphatic carbocycles. The summed E-state index contributed by atoms with van der Waals surface area (Å²) in [7, 11) is 1.53. The quantitative estimate of drug-likeness (QED) is 0.775. The molecule has 1 fully saturated rings. The summed E-state index contributed by atoms with van der Waals surface area (Å²) in [6, 6.07) is 5.45. The Morgan fingerprint density at radius 1 is 1.45 bits per heavy atom. The Kier molecular flexibility index (Phi) is 4.44. The second-order valence-electron chi connectivity index (χ2n) is 4.77. The van der Waals surface area contributed by atoms with Crippen LogP contribution in [0.25, 0.3) is 0 Å². The number of methoxy groups -OCH3 is 1. The van der Waals surface area contributed by atoms with E-state index in [2.05, 4.69) is 5.32 Å². The highest BCUT2D eigenvalue weighted by molar-refractivity contribution is 7.80. The minimum Gasteiger partial charge on any atom is -0.493 e. The normalized spacial score (nSPS) is 15.3. The van der Waals surface area contributed by atoms with Crippen LogP contribution in [0.4, 0.5) is 0 Å². The topological polar surface area (TPSA) is 73.6 Å². The molecular formula is C14H18N2O3S. The first-order valence-corrected chi connectivity index (χ1v) is 6.87. The minimum absolute atomic E-state index is 0.118. The average molecular weight is 294 g/mol. The third-order valence-electron chi connectivity index (χ3n) is 3.04. The molecule has 0 spiro atoms. The first kappa shape index (κ1) is 14.6. The van der Waals surface area contributed by atoms with Crippen molar-refractivity contribution < 1.29 is 14.3 Å². The summed E-state index contributed by atoms with van der Waals surface area (Å²) >= 11 is 4.91. The molecule has 2 rings (SSSR count). The van der Waals surface area contributed by atoms with Gasteiger partial charge in [0.25, 0.3) is 5.91 Å². The van der Waals surface area contributed by atoms with Gasteiger partial charge < -0.3 is 20.5 Å². The molecule has 1 unspecified atom stereocenters. The Morgan fingerprint density at radius 2 is 2.15 bits per heavy atom. The molecule has 1 saturated carbocycles. The number of carbonyl (C=O) groups is 1. The molecule has 6 heteroatoms. The van der Waals surface area contributed by atoms with Crippen LogP contribution in [0.2, 0.25) is 0 Å². The summed E-state index contributed by atoms with van der Waals surface area (Å²) in [5, 5.41) is 2.90. The van der Waals surface area contributed by atoms with Crippen LogP contribution in [0.15, 0.2) is 18.2 Å². The van der Waals surface area contributed by atoms with Crippen LogP contribution in [0.3, 0.4) is 0 Å². The van der Waals surface area contributed by atoms with E-state index in [1.165, 1.54) is 7.11 Å². The number of nitrogens with one attached hydrogen (secondary N) is 1.